The summed E-state index contributed by atoms with van der Waals surface area (Å²) in [7, 11) is 1.61. The van der Waals surface area contributed by atoms with E-state index in [0.717, 1.165) is 11.3 Å². The van der Waals surface area contributed by atoms with E-state index in [9.17, 15) is 9.59 Å². The summed E-state index contributed by atoms with van der Waals surface area (Å²) in [5.41, 5.74) is 1.69. The number of hydrogen-bond acceptors (Lipinski definition) is 4. The van der Waals surface area contributed by atoms with Gasteiger partial charge in [0, 0.05) is 12.0 Å². The van der Waals surface area contributed by atoms with Gasteiger partial charge in [-0.05, 0) is 31.0 Å². The summed E-state index contributed by atoms with van der Waals surface area (Å²) in [6.45, 7) is 2.02. The van der Waals surface area contributed by atoms with Gasteiger partial charge in [0.2, 0.25) is 0 Å². The summed E-state index contributed by atoms with van der Waals surface area (Å²) in [4.78, 5) is 24.4. The Bertz CT molecular complexity index is 691. The Morgan fingerprint density at radius 2 is 1.61 bits per heavy atom. The number of carbonyl (C=O) groups is 2. The third kappa shape index (κ3) is 4.19. The van der Waals surface area contributed by atoms with E-state index in [2.05, 4.69) is 0 Å². The van der Waals surface area contributed by atoms with Crippen LogP contribution in [0, 0.1) is 0 Å². The zero-order valence-electron chi connectivity index (χ0n) is 13.4. The van der Waals surface area contributed by atoms with E-state index in [1.54, 1.807) is 38.3 Å². The molecule has 0 aromatic heterocycles. The fourth-order valence-electron chi connectivity index (χ4n) is 2.41. The number of hydrogen-bond donors (Lipinski definition) is 0. The van der Waals surface area contributed by atoms with E-state index in [-0.39, 0.29) is 12.4 Å². The topological polar surface area (TPSA) is 52.6 Å². The minimum Gasteiger partial charge on any atom is -0.496 e. The van der Waals surface area contributed by atoms with Crippen molar-refractivity contribution in [1.82, 2.24) is 0 Å². The summed E-state index contributed by atoms with van der Waals surface area (Å²) in [6.07, 6.45) is 0.858. The first kappa shape index (κ1) is 16.7. The Labute approximate surface area is 136 Å². The van der Waals surface area contributed by atoms with Gasteiger partial charge in [-0.1, -0.05) is 36.4 Å². The Kier molecular flexibility index (Phi) is 5.92. The maximum absolute atomic E-state index is 12.5. The number of methoxy groups -OCH3 is 1. The van der Waals surface area contributed by atoms with Gasteiger partial charge in [-0.25, -0.2) is 4.79 Å². The zero-order chi connectivity index (χ0) is 16.7. The summed E-state index contributed by atoms with van der Waals surface area (Å²) in [6, 6.07) is 14.4. The number of ketones is 1. The molecule has 0 fully saturated rings. The molecule has 0 bridgehead atoms. The highest BCUT2D eigenvalue weighted by Crippen LogP contribution is 2.20. The lowest BCUT2D eigenvalue weighted by Crippen LogP contribution is -2.12. The molecule has 0 saturated carbocycles. The Hall–Kier alpha value is -2.62. The molecule has 0 aliphatic carbocycles. The van der Waals surface area contributed by atoms with Gasteiger partial charge >= 0.3 is 5.97 Å². The van der Waals surface area contributed by atoms with Crippen LogP contribution in [0.3, 0.4) is 0 Å². The molecule has 2 aromatic rings. The van der Waals surface area contributed by atoms with Crippen LogP contribution in [0.1, 0.15) is 39.6 Å². The fourth-order valence-corrected chi connectivity index (χ4v) is 2.41. The molecule has 4 nitrogen and oxygen atoms in total. The molecule has 0 spiro atoms. The predicted octanol–water partition coefficient (Wildman–Crippen LogP) is 3.69. The normalized spacial score (nSPS) is 10.2. The number of benzene rings is 2. The van der Waals surface area contributed by atoms with Crippen LogP contribution < -0.4 is 4.74 Å². The number of rotatable bonds is 7. The van der Waals surface area contributed by atoms with Crippen molar-refractivity contribution in [2.24, 2.45) is 0 Å². The smallest absolute Gasteiger partial charge is 0.338 e. The number of Topliss-reactive ketones (excluding diaryl/α,β-unsaturated/α-hetero) is 1. The molecule has 2 rings (SSSR count). The summed E-state index contributed by atoms with van der Waals surface area (Å²) < 4.78 is 10.3. The van der Waals surface area contributed by atoms with E-state index in [0.29, 0.717) is 24.0 Å². The molecular formula is C19H20O4. The lowest BCUT2D eigenvalue weighted by atomic mass is 9.98. The first-order chi connectivity index (χ1) is 11.2. The van der Waals surface area contributed by atoms with Gasteiger partial charge in [0.05, 0.1) is 19.3 Å². The average Bonchev–Trinajstić information content (AvgIpc) is 2.60. The summed E-state index contributed by atoms with van der Waals surface area (Å²) >= 11 is 0. The van der Waals surface area contributed by atoms with Gasteiger partial charge in [0.25, 0.3) is 0 Å². The van der Waals surface area contributed by atoms with Crippen molar-refractivity contribution in [3.8, 4) is 5.75 Å². The molecule has 0 saturated heterocycles. The third-order valence-corrected chi connectivity index (χ3v) is 3.54. The molecular weight excluding hydrogens is 292 g/mol. The van der Waals surface area contributed by atoms with Crippen LogP contribution in [0.25, 0.3) is 0 Å². The van der Waals surface area contributed by atoms with E-state index in [4.69, 9.17) is 9.47 Å². The van der Waals surface area contributed by atoms with Gasteiger partial charge < -0.3 is 9.47 Å². The van der Waals surface area contributed by atoms with Crippen molar-refractivity contribution in [2.45, 2.75) is 19.8 Å². The number of carbonyl (C=O) groups excluding carboxylic acids is 2. The second kappa shape index (κ2) is 8.13. The number of ether oxygens (including phenoxy) is 2. The molecule has 0 aliphatic heterocycles. The van der Waals surface area contributed by atoms with Crippen LogP contribution in [0.2, 0.25) is 0 Å². The van der Waals surface area contributed by atoms with Gasteiger partial charge in [-0.3, -0.25) is 4.79 Å². The number of aryl methyl sites for hydroxylation is 1. The third-order valence-electron chi connectivity index (χ3n) is 3.54. The highest BCUT2D eigenvalue weighted by atomic mass is 16.5. The molecule has 0 N–H and O–H groups in total. The van der Waals surface area contributed by atoms with E-state index < -0.39 is 5.97 Å². The highest BCUT2D eigenvalue weighted by molar-refractivity contribution is 6.06. The maximum Gasteiger partial charge on any atom is 0.338 e. The summed E-state index contributed by atoms with van der Waals surface area (Å²) in [5.74, 6) is 0.215. The van der Waals surface area contributed by atoms with Gasteiger partial charge in [0.1, 0.15) is 5.75 Å². The lowest BCUT2D eigenvalue weighted by molar-refractivity contribution is 0.0523. The summed E-state index contributed by atoms with van der Waals surface area (Å²) in [5, 5.41) is 0. The standard InChI is InChI=1S/C19H20O4/c1-3-23-19(21)16-10-6-5-9-15(16)17(20)13-12-14-8-4-7-11-18(14)22-2/h4-11H,3,12-13H2,1-2H3. The number of para-hydroxylation sites is 1. The quantitative estimate of drug-likeness (QED) is 0.578. The molecule has 0 radical (unpaired) electrons. The molecule has 0 heterocycles. The monoisotopic (exact) mass is 312 g/mol. The van der Waals surface area contributed by atoms with Gasteiger partial charge in [0.15, 0.2) is 5.78 Å². The first-order valence-electron chi connectivity index (χ1n) is 7.58. The van der Waals surface area contributed by atoms with Crippen molar-refractivity contribution in [2.75, 3.05) is 13.7 Å². The minimum absolute atomic E-state index is 0.0837. The second-order valence-corrected chi connectivity index (χ2v) is 5.00. The Balaban J connectivity index is 2.14. The van der Waals surface area contributed by atoms with Crippen LogP contribution in [-0.4, -0.2) is 25.5 Å². The van der Waals surface area contributed by atoms with Crippen molar-refractivity contribution in [3.05, 3.63) is 65.2 Å². The zero-order valence-corrected chi connectivity index (χ0v) is 13.4. The molecule has 0 unspecified atom stereocenters. The molecule has 4 heteroatoms. The minimum atomic E-state index is -0.464. The first-order valence-corrected chi connectivity index (χ1v) is 7.58. The van der Waals surface area contributed by atoms with Crippen LogP contribution in [0.15, 0.2) is 48.5 Å². The van der Waals surface area contributed by atoms with Crippen LogP contribution in [-0.2, 0) is 11.2 Å². The molecule has 0 atom stereocenters. The van der Waals surface area contributed by atoms with Crippen LogP contribution >= 0.6 is 0 Å². The molecule has 23 heavy (non-hydrogen) atoms. The molecule has 120 valence electrons. The SMILES string of the molecule is CCOC(=O)c1ccccc1C(=O)CCc1ccccc1OC. The molecule has 2 aromatic carbocycles. The van der Waals surface area contributed by atoms with Crippen molar-refractivity contribution >= 4 is 11.8 Å². The molecule has 0 aliphatic rings. The fraction of sp³-hybridized carbons (Fsp3) is 0.263. The molecule has 0 amide bonds. The van der Waals surface area contributed by atoms with Gasteiger partial charge in [-0.15, -0.1) is 0 Å². The lowest BCUT2D eigenvalue weighted by Gasteiger charge is -2.10. The Morgan fingerprint density at radius 3 is 2.30 bits per heavy atom. The van der Waals surface area contributed by atoms with Crippen molar-refractivity contribution in [3.63, 3.8) is 0 Å². The van der Waals surface area contributed by atoms with E-state index >= 15 is 0 Å². The van der Waals surface area contributed by atoms with E-state index in [1.807, 2.05) is 24.3 Å². The van der Waals surface area contributed by atoms with E-state index in [1.165, 1.54) is 0 Å². The van der Waals surface area contributed by atoms with Crippen LogP contribution in [0.4, 0.5) is 0 Å². The Morgan fingerprint density at radius 1 is 0.957 bits per heavy atom. The highest BCUT2D eigenvalue weighted by Gasteiger charge is 2.17. The van der Waals surface area contributed by atoms with Crippen molar-refractivity contribution in [1.29, 1.82) is 0 Å². The van der Waals surface area contributed by atoms with Crippen molar-refractivity contribution < 1.29 is 19.1 Å². The largest absolute Gasteiger partial charge is 0.496 e. The predicted molar refractivity (Wildman–Crippen MR) is 88.0 cm³/mol. The number of esters is 1. The van der Waals surface area contributed by atoms with Crippen LogP contribution in [0.5, 0.6) is 5.75 Å². The maximum atomic E-state index is 12.5. The van der Waals surface area contributed by atoms with Gasteiger partial charge in [-0.2, -0.15) is 0 Å². The average molecular weight is 312 g/mol. The second-order valence-electron chi connectivity index (χ2n) is 5.00.